The van der Waals surface area contributed by atoms with Gasteiger partial charge in [-0.05, 0) is 36.6 Å². The molecule has 0 aliphatic heterocycles. The second kappa shape index (κ2) is 6.44. The number of halogens is 1. The molecule has 2 aromatic rings. The highest BCUT2D eigenvalue weighted by Gasteiger charge is 2.21. The molecule has 0 spiro atoms. The number of rotatable bonds is 7. The van der Waals surface area contributed by atoms with Gasteiger partial charge in [0, 0.05) is 16.6 Å². The van der Waals surface area contributed by atoms with Crippen molar-refractivity contribution in [2.24, 2.45) is 0 Å². The van der Waals surface area contributed by atoms with Crippen molar-refractivity contribution in [1.29, 1.82) is 0 Å². The van der Waals surface area contributed by atoms with Crippen molar-refractivity contribution in [2.75, 3.05) is 0 Å². The first-order valence-corrected chi connectivity index (χ1v) is 7.30. The normalized spacial score (nSPS) is 14.7. The lowest BCUT2D eigenvalue weighted by Gasteiger charge is -2.06. The van der Waals surface area contributed by atoms with E-state index in [2.05, 4.69) is 5.32 Å². The van der Waals surface area contributed by atoms with Gasteiger partial charge in [-0.1, -0.05) is 23.7 Å². The summed E-state index contributed by atoms with van der Waals surface area (Å²) in [5.41, 5.74) is 2.19. The van der Waals surface area contributed by atoms with Gasteiger partial charge in [-0.3, -0.25) is 0 Å². The van der Waals surface area contributed by atoms with Gasteiger partial charge in [0.05, 0.1) is 26.0 Å². The van der Waals surface area contributed by atoms with Gasteiger partial charge in [0.2, 0.25) is 0 Å². The van der Waals surface area contributed by atoms with Crippen LogP contribution in [0.3, 0.4) is 0 Å². The predicted molar refractivity (Wildman–Crippen MR) is 78.5 cm³/mol. The molecule has 1 fully saturated rings. The first kappa shape index (κ1) is 13.7. The Hall–Kier alpha value is -1.29. The number of ether oxygens (including phenoxy) is 1. The number of furan rings is 1. The van der Waals surface area contributed by atoms with Crippen molar-refractivity contribution < 1.29 is 9.15 Å². The zero-order valence-electron chi connectivity index (χ0n) is 11.3. The van der Waals surface area contributed by atoms with Crippen LogP contribution in [0.5, 0.6) is 0 Å². The maximum absolute atomic E-state index is 5.95. The summed E-state index contributed by atoms with van der Waals surface area (Å²) in [4.78, 5) is 0. The zero-order valence-corrected chi connectivity index (χ0v) is 12.0. The van der Waals surface area contributed by atoms with Gasteiger partial charge in [0.1, 0.15) is 5.76 Å². The lowest BCUT2D eigenvalue weighted by Crippen LogP contribution is -2.15. The third-order valence-corrected chi connectivity index (χ3v) is 3.62. The van der Waals surface area contributed by atoms with Crippen molar-refractivity contribution in [3.63, 3.8) is 0 Å². The monoisotopic (exact) mass is 291 g/mol. The minimum absolute atomic E-state index is 0.557. The summed E-state index contributed by atoms with van der Waals surface area (Å²) in [6.45, 7) is 1.90. The zero-order chi connectivity index (χ0) is 13.8. The molecule has 1 aliphatic rings. The van der Waals surface area contributed by atoms with Crippen LogP contribution in [0.2, 0.25) is 5.02 Å². The van der Waals surface area contributed by atoms with Crippen molar-refractivity contribution in [3.05, 3.63) is 58.5 Å². The van der Waals surface area contributed by atoms with Crippen LogP contribution < -0.4 is 5.32 Å². The van der Waals surface area contributed by atoms with Gasteiger partial charge in [0.25, 0.3) is 0 Å². The van der Waals surface area contributed by atoms with E-state index < -0.39 is 0 Å². The fourth-order valence-electron chi connectivity index (χ4n) is 2.08. The molecule has 0 saturated heterocycles. The lowest BCUT2D eigenvalue weighted by molar-refractivity contribution is 0.106. The van der Waals surface area contributed by atoms with Gasteiger partial charge >= 0.3 is 0 Å². The second-order valence-corrected chi connectivity index (χ2v) is 5.58. The van der Waals surface area contributed by atoms with Crippen molar-refractivity contribution in [2.45, 2.75) is 38.6 Å². The topological polar surface area (TPSA) is 34.4 Å². The van der Waals surface area contributed by atoms with Crippen molar-refractivity contribution in [1.82, 2.24) is 5.32 Å². The second-order valence-electron chi connectivity index (χ2n) is 5.15. The first-order valence-electron chi connectivity index (χ1n) is 6.92. The molecule has 106 valence electrons. The summed E-state index contributed by atoms with van der Waals surface area (Å²) >= 11 is 5.95. The minimum atomic E-state index is 0.557. The molecule has 1 aromatic heterocycles. The Balaban J connectivity index is 1.49. The molecule has 0 amide bonds. The van der Waals surface area contributed by atoms with E-state index in [-0.39, 0.29) is 0 Å². The van der Waals surface area contributed by atoms with E-state index in [1.54, 1.807) is 6.26 Å². The Morgan fingerprint density at radius 3 is 2.95 bits per heavy atom. The minimum Gasteiger partial charge on any atom is -0.468 e. The molecule has 4 heteroatoms. The molecule has 0 bridgehead atoms. The molecule has 1 N–H and O–H groups in total. The smallest absolute Gasteiger partial charge is 0.123 e. The SMILES string of the molecule is Clc1cccc(COCc2ccoc2CNC2CC2)c1. The van der Waals surface area contributed by atoms with E-state index in [0.717, 1.165) is 28.5 Å². The highest BCUT2D eigenvalue weighted by atomic mass is 35.5. The van der Waals surface area contributed by atoms with Crippen LogP contribution in [0.25, 0.3) is 0 Å². The maximum atomic E-state index is 5.95. The standard InChI is InChI=1S/C16H18ClNO2/c17-14-3-1-2-12(8-14)10-19-11-13-6-7-20-16(13)9-18-15-4-5-15/h1-3,6-8,15,18H,4-5,9-11H2. The van der Waals surface area contributed by atoms with E-state index >= 15 is 0 Å². The highest BCUT2D eigenvalue weighted by Crippen LogP contribution is 2.21. The molecular weight excluding hydrogens is 274 g/mol. The Morgan fingerprint density at radius 2 is 2.15 bits per heavy atom. The molecule has 0 atom stereocenters. The van der Waals surface area contributed by atoms with Gasteiger partial charge < -0.3 is 14.5 Å². The van der Waals surface area contributed by atoms with Crippen LogP contribution in [0, 0.1) is 0 Å². The molecule has 1 aromatic carbocycles. The number of hydrogen-bond acceptors (Lipinski definition) is 3. The molecule has 1 aliphatic carbocycles. The predicted octanol–water partition coefficient (Wildman–Crippen LogP) is 3.90. The molecule has 20 heavy (non-hydrogen) atoms. The van der Waals surface area contributed by atoms with E-state index in [9.17, 15) is 0 Å². The average Bonchev–Trinajstić information content (AvgIpc) is 3.16. The molecule has 3 rings (SSSR count). The highest BCUT2D eigenvalue weighted by molar-refractivity contribution is 6.30. The molecule has 0 radical (unpaired) electrons. The fraction of sp³-hybridized carbons (Fsp3) is 0.375. The lowest BCUT2D eigenvalue weighted by atomic mass is 10.2. The Morgan fingerprint density at radius 1 is 1.25 bits per heavy atom. The Labute approximate surface area is 123 Å². The van der Waals surface area contributed by atoms with E-state index in [1.165, 1.54) is 12.8 Å². The summed E-state index contributed by atoms with van der Waals surface area (Å²) in [5, 5.41) is 4.19. The molecule has 1 saturated carbocycles. The quantitative estimate of drug-likeness (QED) is 0.840. The van der Waals surface area contributed by atoms with Crippen LogP contribution in [0.15, 0.2) is 41.0 Å². The van der Waals surface area contributed by atoms with Crippen LogP contribution in [-0.4, -0.2) is 6.04 Å². The Bertz CT molecular complexity index is 563. The van der Waals surface area contributed by atoms with Gasteiger partial charge in [0.15, 0.2) is 0 Å². The van der Waals surface area contributed by atoms with Gasteiger partial charge in [-0.15, -0.1) is 0 Å². The summed E-state index contributed by atoms with van der Waals surface area (Å²) in [5.74, 6) is 0.975. The van der Waals surface area contributed by atoms with Gasteiger partial charge in [-0.2, -0.15) is 0 Å². The molecule has 1 heterocycles. The summed E-state index contributed by atoms with van der Waals surface area (Å²) in [6.07, 6.45) is 4.28. The maximum Gasteiger partial charge on any atom is 0.123 e. The van der Waals surface area contributed by atoms with E-state index in [4.69, 9.17) is 20.8 Å². The van der Waals surface area contributed by atoms with Crippen molar-refractivity contribution >= 4 is 11.6 Å². The average molecular weight is 292 g/mol. The first-order chi connectivity index (χ1) is 9.81. The number of nitrogens with one attached hydrogen (secondary N) is 1. The number of hydrogen-bond donors (Lipinski definition) is 1. The largest absolute Gasteiger partial charge is 0.468 e. The van der Waals surface area contributed by atoms with Crippen LogP contribution >= 0.6 is 11.6 Å². The summed E-state index contributed by atoms with van der Waals surface area (Å²) in [6, 6.07) is 10.4. The van der Waals surface area contributed by atoms with E-state index in [1.807, 2.05) is 30.3 Å². The third-order valence-electron chi connectivity index (χ3n) is 3.38. The van der Waals surface area contributed by atoms with Crippen LogP contribution in [0.4, 0.5) is 0 Å². The summed E-state index contributed by atoms with van der Waals surface area (Å²) in [7, 11) is 0. The van der Waals surface area contributed by atoms with Gasteiger partial charge in [-0.25, -0.2) is 0 Å². The van der Waals surface area contributed by atoms with Crippen LogP contribution in [0.1, 0.15) is 29.7 Å². The van der Waals surface area contributed by atoms with Crippen molar-refractivity contribution in [3.8, 4) is 0 Å². The molecule has 3 nitrogen and oxygen atoms in total. The fourth-order valence-corrected chi connectivity index (χ4v) is 2.29. The number of benzene rings is 1. The molecule has 0 unspecified atom stereocenters. The van der Waals surface area contributed by atoms with E-state index in [0.29, 0.717) is 19.3 Å². The van der Waals surface area contributed by atoms with Crippen LogP contribution in [-0.2, 0) is 24.5 Å². The third kappa shape index (κ3) is 3.85. The summed E-state index contributed by atoms with van der Waals surface area (Å²) < 4.78 is 11.2. The molecular formula is C16H18ClNO2. The Kier molecular flexibility index (Phi) is 4.41.